The number of carboxylic acid groups (broad SMARTS) is 1. The Kier molecular flexibility index (Phi) is 5.04. The Morgan fingerprint density at radius 1 is 1.23 bits per heavy atom. The zero-order valence-corrected chi connectivity index (χ0v) is 13.6. The van der Waals surface area contributed by atoms with Crippen molar-refractivity contribution in [1.82, 2.24) is 4.90 Å². The number of hydrogen-bond acceptors (Lipinski definition) is 2. The highest BCUT2D eigenvalue weighted by atomic mass is 35.5. The van der Waals surface area contributed by atoms with Crippen LogP contribution in [-0.4, -0.2) is 29.1 Å². The van der Waals surface area contributed by atoms with Crippen molar-refractivity contribution in [2.75, 3.05) is 13.1 Å². The van der Waals surface area contributed by atoms with Crippen molar-refractivity contribution in [2.24, 2.45) is 17.8 Å². The second-order valence-corrected chi connectivity index (χ2v) is 7.32. The molecule has 1 aromatic carbocycles. The van der Waals surface area contributed by atoms with Crippen molar-refractivity contribution in [1.29, 1.82) is 0 Å². The summed E-state index contributed by atoms with van der Waals surface area (Å²) in [6.07, 6.45) is 5.12. The van der Waals surface area contributed by atoms with Gasteiger partial charge in [-0.3, -0.25) is 9.69 Å². The fourth-order valence-electron chi connectivity index (χ4n) is 3.91. The molecule has 22 heavy (non-hydrogen) atoms. The molecule has 0 heterocycles. The number of nitrogens with zero attached hydrogens (tertiary/aromatic N) is 1. The van der Waals surface area contributed by atoms with E-state index in [1.807, 2.05) is 18.2 Å². The first-order valence-electron chi connectivity index (χ1n) is 8.29. The molecule has 0 bridgehead atoms. The van der Waals surface area contributed by atoms with E-state index in [1.54, 1.807) is 0 Å². The first-order valence-corrected chi connectivity index (χ1v) is 8.67. The zero-order valence-electron chi connectivity index (χ0n) is 12.9. The van der Waals surface area contributed by atoms with Gasteiger partial charge in [-0.15, -0.1) is 0 Å². The first kappa shape index (κ1) is 15.8. The molecule has 2 saturated carbocycles. The third-order valence-electron chi connectivity index (χ3n) is 5.07. The second-order valence-electron chi connectivity index (χ2n) is 6.92. The van der Waals surface area contributed by atoms with Crippen molar-refractivity contribution in [3.63, 3.8) is 0 Å². The molecule has 0 spiro atoms. The van der Waals surface area contributed by atoms with E-state index < -0.39 is 5.97 Å². The van der Waals surface area contributed by atoms with E-state index in [-0.39, 0.29) is 6.42 Å². The molecule has 1 aromatic rings. The molecule has 0 saturated heterocycles. The molecule has 3 nitrogen and oxygen atoms in total. The van der Waals surface area contributed by atoms with Crippen molar-refractivity contribution in [3.8, 4) is 0 Å². The van der Waals surface area contributed by atoms with E-state index in [0.29, 0.717) is 6.42 Å². The van der Waals surface area contributed by atoms with Crippen LogP contribution in [0.1, 0.15) is 37.7 Å². The minimum Gasteiger partial charge on any atom is -0.481 e. The highest BCUT2D eigenvalue weighted by Gasteiger charge is 2.45. The standard InChI is InChI=1S/C18H24ClNO2/c19-17-5-2-1-4-14(17)12-20(7-3-6-18(21)22)11-13-8-15-10-16(15)9-13/h1-2,4-5,13,15-16H,3,6-12H2,(H,21,22). The number of carbonyl (C=O) groups is 1. The maximum Gasteiger partial charge on any atom is 0.303 e. The van der Waals surface area contributed by atoms with Crippen LogP contribution in [0.5, 0.6) is 0 Å². The molecular weight excluding hydrogens is 298 g/mol. The van der Waals surface area contributed by atoms with Crippen LogP contribution in [0.25, 0.3) is 0 Å². The van der Waals surface area contributed by atoms with Crippen LogP contribution in [0.3, 0.4) is 0 Å². The van der Waals surface area contributed by atoms with Gasteiger partial charge in [-0.25, -0.2) is 0 Å². The van der Waals surface area contributed by atoms with Gasteiger partial charge in [0.05, 0.1) is 0 Å². The van der Waals surface area contributed by atoms with Gasteiger partial charge in [-0.05, 0) is 61.6 Å². The third-order valence-corrected chi connectivity index (χ3v) is 5.44. The molecule has 3 rings (SSSR count). The predicted octanol–water partition coefficient (Wildman–Crippen LogP) is 4.05. The summed E-state index contributed by atoms with van der Waals surface area (Å²) in [6, 6.07) is 7.96. The topological polar surface area (TPSA) is 40.5 Å². The molecule has 2 aliphatic rings. The van der Waals surface area contributed by atoms with Crippen molar-refractivity contribution >= 4 is 17.6 Å². The fraction of sp³-hybridized carbons (Fsp3) is 0.611. The summed E-state index contributed by atoms with van der Waals surface area (Å²) in [4.78, 5) is 13.1. The van der Waals surface area contributed by atoms with E-state index >= 15 is 0 Å². The van der Waals surface area contributed by atoms with Crippen LogP contribution >= 0.6 is 11.6 Å². The van der Waals surface area contributed by atoms with Crippen molar-refractivity contribution < 1.29 is 9.90 Å². The monoisotopic (exact) mass is 321 g/mol. The van der Waals surface area contributed by atoms with E-state index in [0.717, 1.165) is 48.0 Å². The SMILES string of the molecule is O=C(O)CCCN(Cc1ccccc1Cl)CC1CC2CC2C1. The van der Waals surface area contributed by atoms with Gasteiger partial charge in [0.2, 0.25) is 0 Å². The highest BCUT2D eigenvalue weighted by Crippen LogP contribution is 2.54. The van der Waals surface area contributed by atoms with Crippen molar-refractivity contribution in [2.45, 2.75) is 38.6 Å². The van der Waals surface area contributed by atoms with Gasteiger partial charge in [0.1, 0.15) is 0 Å². The molecule has 0 aliphatic heterocycles. The molecule has 0 aromatic heterocycles. The summed E-state index contributed by atoms with van der Waals surface area (Å²) in [5.41, 5.74) is 1.14. The third kappa shape index (κ3) is 4.23. The lowest BCUT2D eigenvalue weighted by Gasteiger charge is -2.26. The molecular formula is C18H24ClNO2. The minimum atomic E-state index is -0.709. The van der Waals surface area contributed by atoms with E-state index in [2.05, 4.69) is 11.0 Å². The number of rotatable bonds is 8. The average molecular weight is 322 g/mol. The molecule has 0 amide bonds. The molecule has 0 radical (unpaired) electrons. The quantitative estimate of drug-likeness (QED) is 0.785. The van der Waals surface area contributed by atoms with Gasteiger partial charge >= 0.3 is 5.97 Å². The van der Waals surface area contributed by atoms with Gasteiger partial charge in [-0.1, -0.05) is 29.8 Å². The van der Waals surface area contributed by atoms with E-state index in [4.69, 9.17) is 16.7 Å². The molecule has 2 aliphatic carbocycles. The fourth-order valence-corrected chi connectivity index (χ4v) is 4.11. The zero-order chi connectivity index (χ0) is 15.5. The Bertz CT molecular complexity index is 524. The summed E-state index contributed by atoms with van der Waals surface area (Å²) in [6.45, 7) is 2.74. The Labute approximate surface area is 137 Å². The number of fused-ring (bicyclic) bond motifs is 1. The van der Waals surface area contributed by atoms with Crippen LogP contribution in [0.4, 0.5) is 0 Å². The number of halogens is 1. The van der Waals surface area contributed by atoms with Gasteiger partial charge in [0, 0.05) is 24.5 Å². The number of aliphatic carboxylic acids is 1. The smallest absolute Gasteiger partial charge is 0.303 e. The van der Waals surface area contributed by atoms with Crippen LogP contribution in [-0.2, 0) is 11.3 Å². The Balaban J connectivity index is 1.57. The van der Waals surface area contributed by atoms with E-state index in [1.165, 1.54) is 19.3 Å². The van der Waals surface area contributed by atoms with Gasteiger partial charge in [0.25, 0.3) is 0 Å². The van der Waals surface area contributed by atoms with Gasteiger partial charge in [-0.2, -0.15) is 0 Å². The average Bonchev–Trinajstić information content (AvgIpc) is 3.08. The van der Waals surface area contributed by atoms with Gasteiger partial charge in [0.15, 0.2) is 0 Å². The summed E-state index contributed by atoms with van der Waals surface area (Å²) in [7, 11) is 0. The summed E-state index contributed by atoms with van der Waals surface area (Å²) >= 11 is 6.28. The van der Waals surface area contributed by atoms with Crippen LogP contribution in [0, 0.1) is 17.8 Å². The van der Waals surface area contributed by atoms with E-state index in [9.17, 15) is 4.79 Å². The first-order chi connectivity index (χ1) is 10.6. The molecule has 120 valence electrons. The lowest BCUT2D eigenvalue weighted by molar-refractivity contribution is -0.137. The molecule has 4 heteroatoms. The largest absolute Gasteiger partial charge is 0.481 e. The Morgan fingerprint density at radius 2 is 1.95 bits per heavy atom. The maximum absolute atomic E-state index is 10.7. The molecule has 2 unspecified atom stereocenters. The Hall–Kier alpha value is -1.06. The Morgan fingerprint density at radius 3 is 2.64 bits per heavy atom. The normalized spacial score (nSPS) is 26.2. The maximum atomic E-state index is 10.7. The number of carboxylic acids is 1. The lowest BCUT2D eigenvalue weighted by atomic mass is 10.0. The number of hydrogen-bond donors (Lipinski definition) is 1. The van der Waals surface area contributed by atoms with Crippen LogP contribution < -0.4 is 0 Å². The summed E-state index contributed by atoms with van der Waals surface area (Å²) in [5, 5.41) is 9.65. The highest BCUT2D eigenvalue weighted by molar-refractivity contribution is 6.31. The minimum absolute atomic E-state index is 0.245. The molecule has 2 atom stereocenters. The van der Waals surface area contributed by atoms with Gasteiger partial charge < -0.3 is 5.11 Å². The van der Waals surface area contributed by atoms with Crippen molar-refractivity contribution in [3.05, 3.63) is 34.9 Å². The van der Waals surface area contributed by atoms with Crippen LogP contribution in [0.2, 0.25) is 5.02 Å². The van der Waals surface area contributed by atoms with Crippen LogP contribution in [0.15, 0.2) is 24.3 Å². The summed E-state index contributed by atoms with van der Waals surface area (Å²) < 4.78 is 0. The summed E-state index contributed by atoms with van der Waals surface area (Å²) in [5.74, 6) is 2.06. The lowest BCUT2D eigenvalue weighted by Crippen LogP contribution is -2.30. The molecule has 2 fully saturated rings. The second kappa shape index (κ2) is 7.01. The molecule has 1 N–H and O–H groups in total. The number of benzene rings is 1. The predicted molar refractivity (Wildman–Crippen MR) is 87.9 cm³/mol.